The molecule has 1 aliphatic heterocycles. The summed E-state index contributed by atoms with van der Waals surface area (Å²) in [4.78, 5) is 32.0. The maximum absolute atomic E-state index is 13.6. The summed E-state index contributed by atoms with van der Waals surface area (Å²) in [5.41, 5.74) is 1.84. The molecule has 0 spiro atoms. The Balaban J connectivity index is 1.76. The van der Waals surface area contributed by atoms with Crippen LogP contribution in [0.1, 0.15) is 37.8 Å². The molecular formula is C22H33N3O2. The van der Waals surface area contributed by atoms with Crippen molar-refractivity contribution in [2.75, 3.05) is 46.8 Å². The summed E-state index contributed by atoms with van der Waals surface area (Å²) in [6.07, 6.45) is 1.29. The fourth-order valence-corrected chi connectivity index (χ4v) is 4.34. The zero-order chi connectivity index (χ0) is 19.8. The lowest BCUT2D eigenvalue weighted by Gasteiger charge is -2.29. The van der Waals surface area contributed by atoms with Crippen molar-refractivity contribution in [2.24, 2.45) is 5.41 Å². The largest absolute Gasteiger partial charge is 0.340 e. The third-order valence-electron chi connectivity index (χ3n) is 6.34. The quantitative estimate of drug-likeness (QED) is 0.798. The van der Waals surface area contributed by atoms with Crippen LogP contribution in [0.25, 0.3) is 0 Å². The van der Waals surface area contributed by atoms with Gasteiger partial charge in [0.2, 0.25) is 11.8 Å². The van der Waals surface area contributed by atoms with E-state index in [1.165, 1.54) is 5.56 Å². The second kappa shape index (κ2) is 7.27. The van der Waals surface area contributed by atoms with Crippen LogP contribution in [0.2, 0.25) is 0 Å². The van der Waals surface area contributed by atoms with Gasteiger partial charge >= 0.3 is 0 Å². The van der Waals surface area contributed by atoms with Crippen LogP contribution >= 0.6 is 0 Å². The second-order valence-corrected chi connectivity index (χ2v) is 9.06. The minimum absolute atomic E-state index is 0.0414. The number of hydrogen-bond acceptors (Lipinski definition) is 3. The highest BCUT2D eigenvalue weighted by Gasteiger charge is 2.67. The van der Waals surface area contributed by atoms with Crippen molar-refractivity contribution >= 4 is 11.8 Å². The van der Waals surface area contributed by atoms with Crippen LogP contribution in [0.5, 0.6) is 0 Å². The summed E-state index contributed by atoms with van der Waals surface area (Å²) in [7, 11) is 4.03. The van der Waals surface area contributed by atoms with Gasteiger partial charge in [-0.2, -0.15) is 0 Å². The average Bonchev–Trinajstić information content (AvgIpc) is 3.25. The molecule has 1 atom stereocenters. The normalized spacial score (nSPS) is 24.9. The standard InChI is InChI=1S/C22H33N3O2/c1-17-6-8-18(9-7-17)22(16-21(22,2)3)20(27)25-11-10-19(26)24(14-15-25)13-12-23(4)5/h6-9H,10-16H2,1-5H3/t22-/m0/s1. The topological polar surface area (TPSA) is 43.9 Å². The van der Waals surface area contributed by atoms with E-state index in [1.807, 2.05) is 23.9 Å². The van der Waals surface area contributed by atoms with Crippen molar-refractivity contribution in [3.63, 3.8) is 0 Å². The minimum Gasteiger partial charge on any atom is -0.340 e. The highest BCUT2D eigenvalue weighted by atomic mass is 16.2. The molecule has 27 heavy (non-hydrogen) atoms. The lowest BCUT2D eigenvalue weighted by Crippen LogP contribution is -2.44. The van der Waals surface area contributed by atoms with Gasteiger partial charge < -0.3 is 14.7 Å². The molecular weight excluding hydrogens is 338 g/mol. The van der Waals surface area contributed by atoms with Crippen molar-refractivity contribution in [3.05, 3.63) is 35.4 Å². The molecule has 1 aromatic rings. The first kappa shape index (κ1) is 19.9. The molecule has 1 saturated carbocycles. The smallest absolute Gasteiger partial charge is 0.233 e. The fraction of sp³-hybridized carbons (Fsp3) is 0.636. The molecule has 1 heterocycles. The lowest BCUT2D eigenvalue weighted by atomic mass is 9.86. The number of aryl methyl sites for hydroxylation is 1. The van der Waals surface area contributed by atoms with Gasteiger partial charge in [0.15, 0.2) is 0 Å². The number of carbonyl (C=O) groups excluding carboxylic acids is 2. The molecule has 2 amide bonds. The zero-order valence-electron chi connectivity index (χ0n) is 17.4. The van der Waals surface area contributed by atoms with E-state index in [0.29, 0.717) is 26.1 Å². The number of rotatable bonds is 5. The molecule has 2 fully saturated rings. The maximum atomic E-state index is 13.6. The van der Waals surface area contributed by atoms with Gasteiger partial charge in [0, 0.05) is 39.1 Å². The van der Waals surface area contributed by atoms with E-state index in [-0.39, 0.29) is 17.2 Å². The van der Waals surface area contributed by atoms with Crippen molar-refractivity contribution in [3.8, 4) is 0 Å². The fourth-order valence-electron chi connectivity index (χ4n) is 4.34. The van der Waals surface area contributed by atoms with E-state index in [9.17, 15) is 9.59 Å². The molecule has 1 aromatic carbocycles. The van der Waals surface area contributed by atoms with E-state index in [1.54, 1.807) is 0 Å². The van der Waals surface area contributed by atoms with Crippen molar-refractivity contribution in [1.82, 2.24) is 14.7 Å². The molecule has 0 radical (unpaired) electrons. The van der Waals surface area contributed by atoms with Gasteiger partial charge in [0.25, 0.3) is 0 Å². The van der Waals surface area contributed by atoms with Gasteiger partial charge in [-0.25, -0.2) is 0 Å². The van der Waals surface area contributed by atoms with E-state index in [0.717, 1.165) is 25.1 Å². The van der Waals surface area contributed by atoms with Crippen LogP contribution in [0.3, 0.4) is 0 Å². The monoisotopic (exact) mass is 371 g/mol. The zero-order valence-corrected chi connectivity index (χ0v) is 17.4. The summed E-state index contributed by atoms with van der Waals surface area (Å²) < 4.78 is 0. The van der Waals surface area contributed by atoms with E-state index in [2.05, 4.69) is 49.9 Å². The van der Waals surface area contributed by atoms with Gasteiger partial charge in [-0.3, -0.25) is 9.59 Å². The van der Waals surface area contributed by atoms with Gasteiger partial charge in [0.05, 0.1) is 5.41 Å². The van der Waals surface area contributed by atoms with Crippen LogP contribution < -0.4 is 0 Å². The van der Waals surface area contributed by atoms with Crippen LogP contribution in [-0.2, 0) is 15.0 Å². The average molecular weight is 372 g/mol. The molecule has 5 heteroatoms. The molecule has 1 aliphatic carbocycles. The Labute approximate surface area is 163 Å². The van der Waals surface area contributed by atoms with Crippen LogP contribution in [0, 0.1) is 12.3 Å². The van der Waals surface area contributed by atoms with E-state index < -0.39 is 5.41 Å². The van der Waals surface area contributed by atoms with Crippen LogP contribution in [0.15, 0.2) is 24.3 Å². The molecule has 1 saturated heterocycles. The Morgan fingerprint density at radius 1 is 1.11 bits per heavy atom. The van der Waals surface area contributed by atoms with Crippen LogP contribution in [-0.4, -0.2) is 73.3 Å². The molecule has 2 aliphatic rings. The molecule has 0 N–H and O–H groups in total. The number of hydrogen-bond donors (Lipinski definition) is 0. The van der Waals surface area contributed by atoms with Crippen molar-refractivity contribution < 1.29 is 9.59 Å². The summed E-state index contributed by atoms with van der Waals surface area (Å²) in [6.45, 7) is 9.78. The molecule has 148 valence electrons. The Morgan fingerprint density at radius 2 is 1.74 bits per heavy atom. The number of nitrogens with zero attached hydrogens (tertiary/aromatic N) is 3. The second-order valence-electron chi connectivity index (χ2n) is 9.06. The first-order valence-corrected chi connectivity index (χ1v) is 9.96. The SMILES string of the molecule is Cc1ccc([C@]2(C(=O)N3CCC(=O)N(CCN(C)C)CC3)CC2(C)C)cc1. The highest BCUT2D eigenvalue weighted by Crippen LogP contribution is 2.65. The first-order valence-electron chi connectivity index (χ1n) is 9.96. The summed E-state index contributed by atoms with van der Waals surface area (Å²) in [5.74, 6) is 0.352. The highest BCUT2D eigenvalue weighted by molar-refractivity contribution is 5.93. The van der Waals surface area contributed by atoms with Crippen molar-refractivity contribution in [2.45, 2.75) is 39.0 Å². The summed E-state index contributed by atoms with van der Waals surface area (Å²) in [5, 5.41) is 0. The predicted molar refractivity (Wildman–Crippen MR) is 108 cm³/mol. The molecule has 3 rings (SSSR count). The van der Waals surface area contributed by atoms with E-state index >= 15 is 0 Å². The van der Waals surface area contributed by atoms with Gasteiger partial charge in [-0.1, -0.05) is 43.7 Å². The Kier molecular flexibility index (Phi) is 5.35. The Bertz CT molecular complexity index is 711. The van der Waals surface area contributed by atoms with E-state index in [4.69, 9.17) is 0 Å². The summed E-state index contributed by atoms with van der Waals surface area (Å²) in [6, 6.07) is 8.39. The number of benzene rings is 1. The van der Waals surface area contributed by atoms with Gasteiger partial charge in [-0.15, -0.1) is 0 Å². The number of amides is 2. The predicted octanol–water partition coefficient (Wildman–Crippen LogP) is 2.29. The Hall–Kier alpha value is -1.88. The van der Waals surface area contributed by atoms with Crippen LogP contribution in [0.4, 0.5) is 0 Å². The Morgan fingerprint density at radius 3 is 2.30 bits per heavy atom. The molecule has 5 nitrogen and oxygen atoms in total. The lowest BCUT2D eigenvalue weighted by molar-refractivity contribution is -0.134. The van der Waals surface area contributed by atoms with Gasteiger partial charge in [-0.05, 0) is 38.4 Å². The third kappa shape index (κ3) is 3.75. The maximum Gasteiger partial charge on any atom is 0.233 e. The number of carbonyl (C=O) groups is 2. The number of likely N-dealkylation sites (N-methyl/N-ethyl adjacent to an activating group) is 1. The molecule has 0 aromatic heterocycles. The summed E-state index contributed by atoms with van der Waals surface area (Å²) >= 11 is 0. The molecule has 0 bridgehead atoms. The third-order valence-corrected chi connectivity index (χ3v) is 6.34. The van der Waals surface area contributed by atoms with Gasteiger partial charge in [0.1, 0.15) is 0 Å². The van der Waals surface area contributed by atoms with Crippen molar-refractivity contribution in [1.29, 1.82) is 0 Å². The molecule has 0 unspecified atom stereocenters. The first-order chi connectivity index (χ1) is 12.7. The minimum atomic E-state index is -0.442.